The van der Waals surface area contributed by atoms with Gasteiger partial charge < -0.3 is 14.9 Å². The van der Waals surface area contributed by atoms with Gasteiger partial charge in [-0.15, -0.1) is 0 Å². The van der Waals surface area contributed by atoms with Gasteiger partial charge in [0.25, 0.3) is 0 Å². The van der Waals surface area contributed by atoms with E-state index < -0.39 is 6.09 Å². The molecule has 1 heterocycles. The summed E-state index contributed by atoms with van der Waals surface area (Å²) >= 11 is 0. The second-order valence-corrected chi connectivity index (χ2v) is 3.73. The highest BCUT2D eigenvalue weighted by Crippen LogP contribution is 2.44. The second-order valence-electron chi connectivity index (χ2n) is 3.73. The molecule has 2 rings (SSSR count). The molecule has 0 bridgehead atoms. The van der Waals surface area contributed by atoms with E-state index in [1.54, 1.807) is 0 Å². The number of morpholine rings is 1. The fraction of sp³-hybridized carbons (Fsp3) is 0.875. The van der Waals surface area contributed by atoms with Gasteiger partial charge in [0.05, 0.1) is 31.4 Å². The van der Waals surface area contributed by atoms with Crippen molar-refractivity contribution >= 4 is 6.09 Å². The quantitative estimate of drug-likeness (QED) is 0.601. The molecule has 5 nitrogen and oxygen atoms in total. The predicted octanol–water partition coefficient (Wildman–Crippen LogP) is -0.110. The van der Waals surface area contributed by atoms with Gasteiger partial charge in [0, 0.05) is 0 Å². The van der Waals surface area contributed by atoms with Crippen LogP contribution < -0.4 is 0 Å². The number of amides is 1. The molecule has 0 radical (unpaired) electrons. The van der Waals surface area contributed by atoms with E-state index in [9.17, 15) is 4.79 Å². The summed E-state index contributed by atoms with van der Waals surface area (Å²) in [5.41, 5.74) is -0.252. The Kier molecular flexibility index (Phi) is 1.92. The number of hydrogen-bond donors (Lipinski definition) is 2. The maximum atomic E-state index is 10.9. The largest absolute Gasteiger partial charge is 0.465 e. The highest BCUT2D eigenvalue weighted by molar-refractivity contribution is 5.67. The molecule has 0 aromatic carbocycles. The van der Waals surface area contributed by atoms with Gasteiger partial charge in [-0.1, -0.05) is 0 Å². The van der Waals surface area contributed by atoms with Gasteiger partial charge in [-0.2, -0.15) is 0 Å². The summed E-state index contributed by atoms with van der Waals surface area (Å²) in [6.07, 6.45) is 0.524. The first-order chi connectivity index (χ1) is 6.18. The van der Waals surface area contributed by atoms with Crippen LogP contribution in [0.1, 0.15) is 12.8 Å². The molecule has 2 aliphatic rings. The van der Waals surface area contributed by atoms with Gasteiger partial charge in [-0.05, 0) is 12.8 Å². The van der Waals surface area contributed by atoms with Crippen LogP contribution in [0.15, 0.2) is 0 Å². The molecule has 1 saturated heterocycles. The zero-order valence-corrected chi connectivity index (χ0v) is 7.27. The molecule has 1 aliphatic heterocycles. The molecule has 1 unspecified atom stereocenters. The minimum Gasteiger partial charge on any atom is -0.465 e. The normalized spacial score (nSPS) is 30.5. The Morgan fingerprint density at radius 2 is 2.31 bits per heavy atom. The van der Waals surface area contributed by atoms with Crippen LogP contribution in [0.2, 0.25) is 0 Å². The van der Waals surface area contributed by atoms with Crippen LogP contribution in [0, 0.1) is 0 Å². The van der Waals surface area contributed by atoms with Crippen LogP contribution in [0.25, 0.3) is 0 Å². The first kappa shape index (κ1) is 8.77. The van der Waals surface area contributed by atoms with Crippen molar-refractivity contribution in [3.05, 3.63) is 0 Å². The van der Waals surface area contributed by atoms with Crippen LogP contribution >= 0.6 is 0 Å². The zero-order valence-electron chi connectivity index (χ0n) is 7.27. The smallest absolute Gasteiger partial charge is 0.407 e. The molecule has 2 N–H and O–H groups in total. The van der Waals surface area contributed by atoms with Gasteiger partial charge in [-0.3, -0.25) is 4.90 Å². The third kappa shape index (κ3) is 1.38. The van der Waals surface area contributed by atoms with E-state index in [1.165, 1.54) is 4.90 Å². The van der Waals surface area contributed by atoms with Crippen molar-refractivity contribution in [3.8, 4) is 0 Å². The molecule has 1 spiro atoms. The lowest BCUT2D eigenvalue weighted by molar-refractivity contribution is -0.0814. The van der Waals surface area contributed by atoms with E-state index in [2.05, 4.69) is 0 Å². The standard InChI is InChI=1S/C8H13NO4/c10-4-6-3-9(7(11)12)8(1-2-8)5-13-6/h6,10H,1-5H2,(H,11,12). The van der Waals surface area contributed by atoms with E-state index in [0.29, 0.717) is 13.2 Å². The van der Waals surface area contributed by atoms with Crippen LogP contribution in [-0.2, 0) is 4.74 Å². The van der Waals surface area contributed by atoms with Gasteiger partial charge in [0.2, 0.25) is 0 Å². The summed E-state index contributed by atoms with van der Waals surface area (Å²) in [6, 6.07) is 0. The third-order valence-corrected chi connectivity index (χ3v) is 2.81. The molecular weight excluding hydrogens is 174 g/mol. The SMILES string of the molecule is O=C(O)N1CC(CO)OCC12CC2. The molecule has 1 atom stereocenters. The first-order valence-electron chi connectivity index (χ1n) is 4.41. The number of aliphatic hydroxyl groups is 1. The second kappa shape index (κ2) is 2.85. The molecule has 5 heteroatoms. The monoisotopic (exact) mass is 187 g/mol. The van der Waals surface area contributed by atoms with E-state index in [-0.39, 0.29) is 18.2 Å². The summed E-state index contributed by atoms with van der Waals surface area (Å²) < 4.78 is 5.33. The van der Waals surface area contributed by atoms with Crippen LogP contribution in [0.3, 0.4) is 0 Å². The Hall–Kier alpha value is -0.810. The number of ether oxygens (including phenoxy) is 1. The predicted molar refractivity (Wildman–Crippen MR) is 43.5 cm³/mol. The van der Waals surface area contributed by atoms with Crippen molar-refractivity contribution < 1.29 is 19.7 Å². The van der Waals surface area contributed by atoms with E-state index in [0.717, 1.165) is 12.8 Å². The summed E-state index contributed by atoms with van der Waals surface area (Å²) in [4.78, 5) is 12.3. The number of hydrogen-bond acceptors (Lipinski definition) is 3. The highest BCUT2D eigenvalue weighted by atomic mass is 16.5. The average Bonchev–Trinajstić information content (AvgIpc) is 2.86. The van der Waals surface area contributed by atoms with Crippen molar-refractivity contribution in [1.29, 1.82) is 0 Å². The Balaban J connectivity index is 2.06. The van der Waals surface area contributed by atoms with Crippen LogP contribution in [-0.4, -0.2) is 52.6 Å². The number of carbonyl (C=O) groups is 1. The summed E-state index contributed by atoms with van der Waals surface area (Å²) in [7, 11) is 0. The summed E-state index contributed by atoms with van der Waals surface area (Å²) in [5, 5.41) is 17.8. The van der Waals surface area contributed by atoms with Crippen LogP contribution in [0.5, 0.6) is 0 Å². The first-order valence-corrected chi connectivity index (χ1v) is 4.41. The molecule has 0 aromatic heterocycles. The van der Waals surface area contributed by atoms with Crippen molar-refractivity contribution in [1.82, 2.24) is 4.90 Å². The van der Waals surface area contributed by atoms with Crippen molar-refractivity contribution in [2.24, 2.45) is 0 Å². The molecule has 74 valence electrons. The lowest BCUT2D eigenvalue weighted by Gasteiger charge is -2.37. The number of carboxylic acid groups (broad SMARTS) is 1. The maximum absolute atomic E-state index is 10.9. The minimum absolute atomic E-state index is 0.111. The van der Waals surface area contributed by atoms with Crippen molar-refractivity contribution in [3.63, 3.8) is 0 Å². The summed E-state index contributed by atoms with van der Waals surface area (Å²) in [6.45, 7) is 0.621. The van der Waals surface area contributed by atoms with Crippen molar-refractivity contribution in [2.75, 3.05) is 19.8 Å². The highest BCUT2D eigenvalue weighted by Gasteiger charge is 2.53. The number of rotatable bonds is 1. The lowest BCUT2D eigenvalue weighted by atomic mass is 10.1. The van der Waals surface area contributed by atoms with E-state index >= 15 is 0 Å². The molecule has 0 aromatic rings. The fourth-order valence-corrected chi connectivity index (χ4v) is 1.75. The fourth-order valence-electron chi connectivity index (χ4n) is 1.75. The molecule has 1 amide bonds. The zero-order chi connectivity index (χ0) is 9.47. The maximum Gasteiger partial charge on any atom is 0.407 e. The number of aliphatic hydroxyl groups excluding tert-OH is 1. The van der Waals surface area contributed by atoms with Gasteiger partial charge in [0.15, 0.2) is 0 Å². The van der Waals surface area contributed by atoms with Gasteiger partial charge in [-0.25, -0.2) is 4.79 Å². The van der Waals surface area contributed by atoms with Gasteiger partial charge >= 0.3 is 6.09 Å². The average molecular weight is 187 g/mol. The molecule has 13 heavy (non-hydrogen) atoms. The Labute approximate surface area is 75.9 Å². The molecule has 1 aliphatic carbocycles. The van der Waals surface area contributed by atoms with Crippen LogP contribution in [0.4, 0.5) is 4.79 Å². The van der Waals surface area contributed by atoms with Gasteiger partial charge in [0.1, 0.15) is 0 Å². The Morgan fingerprint density at radius 1 is 1.62 bits per heavy atom. The number of nitrogens with zero attached hydrogens (tertiary/aromatic N) is 1. The molecule has 1 saturated carbocycles. The lowest BCUT2D eigenvalue weighted by Crippen LogP contribution is -2.54. The Bertz CT molecular complexity index is 226. The van der Waals surface area contributed by atoms with E-state index in [4.69, 9.17) is 14.9 Å². The molecule has 2 fully saturated rings. The van der Waals surface area contributed by atoms with Crippen molar-refractivity contribution in [2.45, 2.75) is 24.5 Å². The summed E-state index contributed by atoms with van der Waals surface area (Å²) in [5.74, 6) is 0. The topological polar surface area (TPSA) is 70.0 Å². The van der Waals surface area contributed by atoms with E-state index in [1.807, 2.05) is 0 Å². The molecular formula is C8H13NO4. The Morgan fingerprint density at radius 3 is 2.77 bits per heavy atom. The minimum atomic E-state index is -0.903. The third-order valence-electron chi connectivity index (χ3n) is 2.81.